The Kier molecular flexibility index (Phi) is 52.6. The number of carbonyl (C=O) groups is 2. The largest absolute Gasteiger partial charge is 0.472 e. The quantitative estimate of drug-likeness (QED) is 0.0205. The van der Waals surface area contributed by atoms with E-state index in [1.165, 1.54) is 109 Å². The maximum absolute atomic E-state index is 13.5. The third-order valence-electron chi connectivity index (χ3n) is 13.0. The van der Waals surface area contributed by atoms with E-state index < -0.39 is 25.9 Å². The summed E-state index contributed by atoms with van der Waals surface area (Å²) in [7, 11) is 1.44. The van der Waals surface area contributed by atoms with Crippen LogP contribution in [0, 0.1) is 0 Å². The standard InChI is InChI=1S/C66H115N2O7P/c1-7-10-13-16-19-22-25-28-30-32-34-36-38-40-43-46-49-52-55-58-65(69)67-63(62-74-76(71,72)73-61-60-68(4,5)6)64(57-54-51-48-45-42-27-24-21-18-15-12-9-3)75-66(70)59-56-53-50-47-44-41-39-37-35-33-31-29-26-23-20-17-14-11-8-2/h11,14,19-20,22-23,28-31,35,37,41,44,50,53-54,57,63-64H,7-10,12-13,15-18,21,24-27,32-34,36,38-40,42-43,45-49,51-52,55-56,58-62H2,1-6H3,(H-,67,69,71,72)/p+1/b14-11-,22-19-,23-20-,30-28-,31-29-,37-35-,44-41-,53-50-,57-54+. The van der Waals surface area contributed by atoms with E-state index in [4.69, 9.17) is 13.8 Å². The Morgan fingerprint density at radius 3 is 1.32 bits per heavy atom. The first-order chi connectivity index (χ1) is 36.9. The molecule has 0 fully saturated rings. The zero-order valence-corrected chi connectivity index (χ0v) is 50.6. The first-order valence-electron chi connectivity index (χ1n) is 30.7. The normalized spacial score (nSPS) is 14.5. The summed E-state index contributed by atoms with van der Waals surface area (Å²) in [6.45, 7) is 6.81. The van der Waals surface area contributed by atoms with Gasteiger partial charge in [0.05, 0.1) is 33.8 Å². The van der Waals surface area contributed by atoms with E-state index in [9.17, 15) is 19.0 Å². The SMILES string of the molecule is CC/C=C\C/C=C\C/C=C\C/C=C\C/C=C\C/C=C\CCC(=O)OC(/C=C/CCCCCCCCCCCC)C(COP(=O)(O)OCC[N+](C)(C)C)NC(=O)CCCCCCCCCCC/C=C\C/C=C\CCCCC. The summed E-state index contributed by atoms with van der Waals surface area (Å²) < 4.78 is 30.6. The van der Waals surface area contributed by atoms with Gasteiger partial charge in [0.15, 0.2) is 0 Å². The molecule has 0 heterocycles. The van der Waals surface area contributed by atoms with Crippen LogP contribution >= 0.6 is 7.82 Å². The van der Waals surface area contributed by atoms with E-state index >= 15 is 0 Å². The molecule has 76 heavy (non-hydrogen) atoms. The summed E-state index contributed by atoms with van der Waals surface area (Å²) in [5.41, 5.74) is 0. The summed E-state index contributed by atoms with van der Waals surface area (Å²) in [6.07, 6.45) is 75.3. The van der Waals surface area contributed by atoms with E-state index in [0.717, 1.165) is 96.3 Å². The molecule has 0 aromatic heterocycles. The fourth-order valence-corrected chi connectivity index (χ4v) is 8.97. The van der Waals surface area contributed by atoms with Crippen molar-refractivity contribution in [1.29, 1.82) is 0 Å². The van der Waals surface area contributed by atoms with Gasteiger partial charge in [-0.15, -0.1) is 0 Å². The molecule has 0 aliphatic heterocycles. The van der Waals surface area contributed by atoms with Crippen LogP contribution in [0.4, 0.5) is 0 Å². The number of amides is 1. The zero-order valence-electron chi connectivity index (χ0n) is 49.7. The second-order valence-corrected chi connectivity index (χ2v) is 22.9. The predicted octanol–water partition coefficient (Wildman–Crippen LogP) is 18.9. The predicted molar refractivity (Wildman–Crippen MR) is 327 cm³/mol. The first kappa shape index (κ1) is 72.7. The lowest BCUT2D eigenvalue weighted by Gasteiger charge is -2.27. The molecule has 0 radical (unpaired) electrons. The Morgan fingerprint density at radius 1 is 0.474 bits per heavy atom. The van der Waals surface area contributed by atoms with Crippen molar-refractivity contribution in [3.63, 3.8) is 0 Å². The lowest BCUT2D eigenvalue weighted by Crippen LogP contribution is -2.47. The van der Waals surface area contributed by atoms with Crippen molar-refractivity contribution in [3.8, 4) is 0 Å². The fourth-order valence-electron chi connectivity index (χ4n) is 8.23. The van der Waals surface area contributed by atoms with Crippen LogP contribution in [0.25, 0.3) is 0 Å². The number of carbonyl (C=O) groups excluding carboxylic acids is 2. The molecule has 2 N–H and O–H groups in total. The summed E-state index contributed by atoms with van der Waals surface area (Å²) in [5, 5.41) is 3.03. The molecule has 0 saturated heterocycles. The number of hydrogen-bond acceptors (Lipinski definition) is 6. The fraction of sp³-hybridized carbons (Fsp3) is 0.697. The third kappa shape index (κ3) is 55.4. The van der Waals surface area contributed by atoms with E-state index in [-0.39, 0.29) is 25.5 Å². The topological polar surface area (TPSA) is 111 Å². The van der Waals surface area contributed by atoms with Gasteiger partial charge >= 0.3 is 13.8 Å². The molecule has 0 rings (SSSR count). The molecule has 3 atom stereocenters. The van der Waals surface area contributed by atoms with Gasteiger partial charge in [-0.05, 0) is 102 Å². The van der Waals surface area contributed by atoms with Gasteiger partial charge in [-0.25, -0.2) is 4.57 Å². The van der Waals surface area contributed by atoms with Crippen molar-refractivity contribution in [3.05, 3.63) is 109 Å². The Labute approximate surface area is 468 Å². The maximum Gasteiger partial charge on any atom is 0.472 e. The summed E-state index contributed by atoms with van der Waals surface area (Å²) in [4.78, 5) is 37.7. The number of esters is 1. The lowest BCUT2D eigenvalue weighted by atomic mass is 10.0. The maximum atomic E-state index is 13.5. The Hall–Kier alpha value is -3.33. The monoisotopic (exact) mass is 1080 g/mol. The molecule has 0 aromatic rings. The highest BCUT2D eigenvalue weighted by atomic mass is 31.2. The van der Waals surface area contributed by atoms with Crippen LogP contribution in [0.1, 0.15) is 245 Å². The molecule has 0 spiro atoms. The van der Waals surface area contributed by atoms with E-state index in [2.05, 4.69) is 117 Å². The summed E-state index contributed by atoms with van der Waals surface area (Å²) in [6, 6.07) is -0.888. The number of unbranched alkanes of at least 4 members (excludes halogenated alkanes) is 22. The van der Waals surface area contributed by atoms with Crippen molar-refractivity contribution in [2.45, 2.75) is 258 Å². The van der Waals surface area contributed by atoms with Crippen LogP contribution < -0.4 is 5.32 Å². The van der Waals surface area contributed by atoms with Gasteiger partial charge < -0.3 is 19.4 Å². The number of likely N-dealkylation sites (N-methyl/N-ethyl adjacent to an activating group) is 1. The highest BCUT2D eigenvalue weighted by Crippen LogP contribution is 2.43. The second-order valence-electron chi connectivity index (χ2n) is 21.5. The van der Waals surface area contributed by atoms with Crippen molar-refractivity contribution in [2.24, 2.45) is 0 Å². The average molecular weight is 1080 g/mol. The molecule has 0 aliphatic rings. The first-order valence-corrected chi connectivity index (χ1v) is 32.2. The molecule has 0 aliphatic carbocycles. The minimum Gasteiger partial charge on any atom is -0.456 e. The Morgan fingerprint density at radius 2 is 0.855 bits per heavy atom. The number of phosphoric ester groups is 1. The van der Waals surface area contributed by atoms with Crippen molar-refractivity contribution in [2.75, 3.05) is 40.9 Å². The highest BCUT2D eigenvalue weighted by Gasteiger charge is 2.30. The number of allylic oxidation sites excluding steroid dienone is 17. The third-order valence-corrected chi connectivity index (χ3v) is 13.9. The van der Waals surface area contributed by atoms with Gasteiger partial charge in [0.1, 0.15) is 19.3 Å². The zero-order chi connectivity index (χ0) is 55.7. The Balaban J connectivity index is 5.40. The molecule has 10 heteroatoms. The number of nitrogens with one attached hydrogen (secondary N) is 1. The number of quaternary nitrogens is 1. The number of hydrogen-bond donors (Lipinski definition) is 2. The molecule has 3 unspecified atom stereocenters. The number of rotatable bonds is 54. The van der Waals surface area contributed by atoms with Crippen molar-refractivity contribution < 1.29 is 37.3 Å². The van der Waals surface area contributed by atoms with Crippen LogP contribution in [0.5, 0.6) is 0 Å². The van der Waals surface area contributed by atoms with Crippen LogP contribution in [0.3, 0.4) is 0 Å². The van der Waals surface area contributed by atoms with Crippen LogP contribution in [0.15, 0.2) is 109 Å². The van der Waals surface area contributed by atoms with Crippen molar-refractivity contribution in [1.82, 2.24) is 5.32 Å². The summed E-state index contributed by atoms with van der Waals surface area (Å²) in [5.74, 6) is -0.612. The molecule has 0 bridgehead atoms. The van der Waals surface area contributed by atoms with E-state index in [0.29, 0.717) is 23.9 Å². The van der Waals surface area contributed by atoms with Crippen LogP contribution in [-0.4, -0.2) is 74.3 Å². The molecule has 0 saturated carbocycles. The lowest BCUT2D eigenvalue weighted by molar-refractivity contribution is -0.870. The van der Waals surface area contributed by atoms with Gasteiger partial charge in [0.2, 0.25) is 5.91 Å². The van der Waals surface area contributed by atoms with Gasteiger partial charge in [0.25, 0.3) is 0 Å². The van der Waals surface area contributed by atoms with Crippen LogP contribution in [-0.2, 0) is 27.9 Å². The number of ether oxygens (including phenoxy) is 1. The van der Waals surface area contributed by atoms with Gasteiger partial charge in [-0.3, -0.25) is 18.6 Å². The molecule has 1 amide bonds. The molecule has 0 aromatic carbocycles. The number of phosphoric acid groups is 1. The van der Waals surface area contributed by atoms with Gasteiger partial charge in [-0.1, -0.05) is 240 Å². The highest BCUT2D eigenvalue weighted by molar-refractivity contribution is 7.47. The molecular formula is C66H116N2O7P+. The molecular weight excluding hydrogens is 964 g/mol. The second kappa shape index (κ2) is 55.0. The van der Waals surface area contributed by atoms with Gasteiger partial charge in [0, 0.05) is 12.8 Å². The molecule has 9 nitrogen and oxygen atoms in total. The van der Waals surface area contributed by atoms with Gasteiger partial charge in [-0.2, -0.15) is 0 Å². The molecule has 436 valence electrons. The summed E-state index contributed by atoms with van der Waals surface area (Å²) >= 11 is 0. The smallest absolute Gasteiger partial charge is 0.456 e. The Bertz CT molecular complexity index is 1670. The van der Waals surface area contributed by atoms with E-state index in [1.54, 1.807) is 0 Å². The minimum atomic E-state index is -4.47. The average Bonchev–Trinajstić information content (AvgIpc) is 3.38. The number of nitrogens with zero attached hydrogens (tertiary/aromatic N) is 1. The van der Waals surface area contributed by atoms with Crippen LogP contribution in [0.2, 0.25) is 0 Å². The minimum absolute atomic E-state index is 0.0231. The van der Waals surface area contributed by atoms with Crippen molar-refractivity contribution >= 4 is 19.7 Å². The van der Waals surface area contributed by atoms with E-state index in [1.807, 2.05) is 39.4 Å².